The summed E-state index contributed by atoms with van der Waals surface area (Å²) in [6.45, 7) is 4.93. The van der Waals surface area contributed by atoms with E-state index in [1.54, 1.807) is 0 Å². The predicted octanol–water partition coefficient (Wildman–Crippen LogP) is 19.0. The number of amides is 1. The summed E-state index contributed by atoms with van der Waals surface area (Å²) in [6, 6.07) is -0.539. The van der Waals surface area contributed by atoms with Gasteiger partial charge in [0, 0.05) is 12.8 Å². The maximum absolute atomic E-state index is 12.4. The van der Waals surface area contributed by atoms with Crippen LogP contribution in [0.5, 0.6) is 0 Å². The van der Waals surface area contributed by atoms with Gasteiger partial charge in [0.15, 0.2) is 0 Å². The smallest absolute Gasteiger partial charge is 0.305 e. The maximum Gasteiger partial charge on any atom is 0.305 e. The number of aliphatic hydroxyl groups is 2. The van der Waals surface area contributed by atoms with Gasteiger partial charge in [-0.15, -0.1) is 0 Å². The van der Waals surface area contributed by atoms with Gasteiger partial charge in [0.2, 0.25) is 5.91 Å². The lowest BCUT2D eigenvalue weighted by atomic mass is 10.0. The van der Waals surface area contributed by atoms with Gasteiger partial charge >= 0.3 is 5.97 Å². The third-order valence-corrected chi connectivity index (χ3v) is 14.3. The molecule has 0 heterocycles. The number of esters is 1. The van der Waals surface area contributed by atoms with E-state index in [0.29, 0.717) is 25.9 Å². The SMILES string of the molecule is CCCCCC/C=C\C/C=C\CCCCCCCC(=O)OCCCCCCCCCCCCCCCCCCCCCCCCCCC(=O)NC(CO)C(O)CCCCCCCCCCCCC. The molecule has 3 N–H and O–H groups in total. The van der Waals surface area contributed by atoms with Gasteiger partial charge in [-0.25, -0.2) is 0 Å². The van der Waals surface area contributed by atoms with Crippen LogP contribution in [0.4, 0.5) is 0 Å². The van der Waals surface area contributed by atoms with E-state index >= 15 is 0 Å². The number of hydrogen-bond donors (Lipinski definition) is 3. The van der Waals surface area contributed by atoms with E-state index in [1.165, 1.54) is 250 Å². The first-order valence-electron chi connectivity index (χ1n) is 30.6. The van der Waals surface area contributed by atoms with Crippen molar-refractivity contribution in [1.82, 2.24) is 5.32 Å². The van der Waals surface area contributed by atoms with Crippen LogP contribution in [0, 0.1) is 0 Å². The van der Waals surface area contributed by atoms with Crippen molar-refractivity contribution in [2.75, 3.05) is 13.2 Å². The Morgan fingerprint density at radius 3 is 1.13 bits per heavy atom. The summed E-state index contributed by atoms with van der Waals surface area (Å²) in [6.07, 6.45) is 70.5. The fourth-order valence-corrected chi connectivity index (χ4v) is 9.55. The number of carbonyl (C=O) groups excluding carboxylic acids is 2. The van der Waals surface area contributed by atoms with Gasteiger partial charge in [-0.2, -0.15) is 0 Å². The van der Waals surface area contributed by atoms with Crippen LogP contribution in [-0.2, 0) is 14.3 Å². The third-order valence-electron chi connectivity index (χ3n) is 14.3. The summed E-state index contributed by atoms with van der Waals surface area (Å²) in [7, 11) is 0. The van der Waals surface area contributed by atoms with E-state index in [4.69, 9.17) is 4.74 Å². The highest BCUT2D eigenvalue weighted by atomic mass is 16.5. The highest BCUT2D eigenvalue weighted by Gasteiger charge is 2.20. The molecule has 0 saturated heterocycles. The minimum absolute atomic E-state index is 0.00217. The molecule has 0 aliphatic heterocycles. The molecule has 2 unspecified atom stereocenters. The minimum Gasteiger partial charge on any atom is -0.466 e. The Morgan fingerprint density at radius 1 is 0.412 bits per heavy atom. The molecule has 0 spiro atoms. The number of unbranched alkanes of at least 4 members (excludes halogenated alkanes) is 42. The first kappa shape index (κ1) is 66.3. The summed E-state index contributed by atoms with van der Waals surface area (Å²) < 4.78 is 5.48. The summed E-state index contributed by atoms with van der Waals surface area (Å²) in [5, 5.41) is 23.2. The van der Waals surface area contributed by atoms with Gasteiger partial charge in [0.05, 0.1) is 25.4 Å². The fourth-order valence-electron chi connectivity index (χ4n) is 9.55. The Morgan fingerprint density at radius 2 is 0.735 bits per heavy atom. The normalized spacial score (nSPS) is 12.7. The van der Waals surface area contributed by atoms with Crippen molar-refractivity contribution in [1.29, 1.82) is 0 Å². The van der Waals surface area contributed by atoms with Crippen LogP contribution in [-0.4, -0.2) is 47.4 Å². The number of carbonyl (C=O) groups is 2. The minimum atomic E-state index is -0.662. The van der Waals surface area contributed by atoms with Crippen molar-refractivity contribution in [2.45, 2.75) is 347 Å². The molecule has 1 amide bonds. The lowest BCUT2D eigenvalue weighted by Crippen LogP contribution is -2.45. The molecule has 0 aromatic heterocycles. The van der Waals surface area contributed by atoms with E-state index in [9.17, 15) is 19.8 Å². The fraction of sp³-hybridized carbons (Fsp3) is 0.903. The Balaban J connectivity index is 3.35. The van der Waals surface area contributed by atoms with Crippen molar-refractivity contribution in [3.8, 4) is 0 Å². The zero-order valence-corrected chi connectivity index (χ0v) is 45.9. The molecule has 0 aliphatic rings. The maximum atomic E-state index is 12.4. The first-order valence-corrected chi connectivity index (χ1v) is 30.6. The molecule has 6 heteroatoms. The Labute approximate surface area is 424 Å². The van der Waals surface area contributed by atoms with E-state index in [2.05, 4.69) is 43.5 Å². The number of nitrogens with one attached hydrogen (secondary N) is 1. The Hall–Kier alpha value is -1.66. The monoisotopic (exact) mass is 958 g/mol. The molecule has 0 fully saturated rings. The predicted molar refractivity (Wildman–Crippen MR) is 296 cm³/mol. The highest BCUT2D eigenvalue weighted by Crippen LogP contribution is 2.18. The lowest BCUT2D eigenvalue weighted by Gasteiger charge is -2.22. The van der Waals surface area contributed by atoms with Crippen LogP contribution in [0.3, 0.4) is 0 Å². The van der Waals surface area contributed by atoms with Crippen LogP contribution in [0.1, 0.15) is 335 Å². The van der Waals surface area contributed by atoms with E-state index in [1.807, 2.05) is 0 Å². The lowest BCUT2D eigenvalue weighted by molar-refractivity contribution is -0.143. The zero-order chi connectivity index (χ0) is 49.3. The van der Waals surface area contributed by atoms with Gasteiger partial charge in [-0.1, -0.05) is 289 Å². The van der Waals surface area contributed by atoms with Crippen LogP contribution in [0.2, 0.25) is 0 Å². The topological polar surface area (TPSA) is 95.9 Å². The molecule has 2 atom stereocenters. The molecule has 0 aromatic rings. The molecular formula is C62H119NO5. The highest BCUT2D eigenvalue weighted by molar-refractivity contribution is 5.76. The number of aliphatic hydroxyl groups excluding tert-OH is 2. The van der Waals surface area contributed by atoms with Gasteiger partial charge in [-0.05, 0) is 57.8 Å². The molecule has 6 nitrogen and oxygen atoms in total. The molecule has 0 aromatic carbocycles. The van der Waals surface area contributed by atoms with Crippen LogP contribution in [0.25, 0.3) is 0 Å². The Kier molecular flexibility index (Phi) is 56.5. The molecule has 0 saturated carbocycles. The van der Waals surface area contributed by atoms with Crippen molar-refractivity contribution in [2.24, 2.45) is 0 Å². The second kappa shape index (κ2) is 57.9. The van der Waals surface area contributed by atoms with Crippen molar-refractivity contribution >= 4 is 11.9 Å². The van der Waals surface area contributed by atoms with E-state index < -0.39 is 12.1 Å². The zero-order valence-electron chi connectivity index (χ0n) is 45.9. The first-order chi connectivity index (χ1) is 33.5. The second-order valence-electron chi connectivity index (χ2n) is 21.0. The standard InChI is InChI=1S/C62H119NO5/c1-3-5-7-9-11-13-15-16-17-29-32-36-40-44-48-52-56-62(67)68-57-53-49-45-41-37-33-30-27-25-23-21-19-18-20-22-24-26-28-31-35-39-43-47-51-55-61(66)63-59(58-64)60(65)54-50-46-42-38-34-14-12-10-8-6-4-2/h13,15,17,29,59-60,64-65H,3-12,14,16,18-28,30-58H2,1-2H3,(H,63,66)/b15-13-,29-17-. The molecule has 0 aliphatic carbocycles. The Bertz CT molecular complexity index is 1060. The second-order valence-corrected chi connectivity index (χ2v) is 21.0. The third kappa shape index (κ3) is 53.7. The van der Waals surface area contributed by atoms with Gasteiger partial charge in [0.25, 0.3) is 0 Å². The van der Waals surface area contributed by atoms with E-state index in [0.717, 1.165) is 51.4 Å². The molecule has 402 valence electrons. The van der Waals surface area contributed by atoms with Crippen LogP contribution < -0.4 is 5.32 Å². The number of hydrogen-bond acceptors (Lipinski definition) is 5. The van der Waals surface area contributed by atoms with E-state index in [-0.39, 0.29) is 18.5 Å². The van der Waals surface area contributed by atoms with Crippen molar-refractivity contribution in [3.05, 3.63) is 24.3 Å². The van der Waals surface area contributed by atoms with Crippen LogP contribution >= 0.6 is 0 Å². The van der Waals surface area contributed by atoms with Gasteiger partial charge < -0.3 is 20.3 Å². The molecular weight excluding hydrogens is 839 g/mol. The van der Waals surface area contributed by atoms with Crippen LogP contribution in [0.15, 0.2) is 24.3 Å². The summed E-state index contributed by atoms with van der Waals surface area (Å²) >= 11 is 0. The quantitative estimate of drug-likeness (QED) is 0.0321. The largest absolute Gasteiger partial charge is 0.466 e. The summed E-state index contributed by atoms with van der Waals surface area (Å²) in [5.74, 6) is -0.0318. The van der Waals surface area contributed by atoms with Gasteiger partial charge in [0.1, 0.15) is 0 Å². The summed E-state index contributed by atoms with van der Waals surface area (Å²) in [5.41, 5.74) is 0. The van der Waals surface area contributed by atoms with Gasteiger partial charge in [-0.3, -0.25) is 9.59 Å². The summed E-state index contributed by atoms with van der Waals surface area (Å²) in [4.78, 5) is 24.5. The van der Waals surface area contributed by atoms with Crippen molar-refractivity contribution in [3.63, 3.8) is 0 Å². The number of allylic oxidation sites excluding steroid dienone is 4. The molecule has 0 rings (SSSR count). The number of ether oxygens (including phenoxy) is 1. The molecule has 68 heavy (non-hydrogen) atoms. The average molecular weight is 959 g/mol. The molecule has 0 bridgehead atoms. The number of rotatable bonds is 57. The molecule has 0 radical (unpaired) electrons. The van der Waals surface area contributed by atoms with Crippen molar-refractivity contribution < 1.29 is 24.5 Å². The average Bonchev–Trinajstić information content (AvgIpc) is 3.34.